The lowest BCUT2D eigenvalue weighted by molar-refractivity contribution is -0.138. The van der Waals surface area contributed by atoms with Crippen LogP contribution in [0.5, 0.6) is 5.75 Å². The van der Waals surface area contributed by atoms with Gasteiger partial charge in [-0.1, -0.05) is 19.1 Å². The summed E-state index contributed by atoms with van der Waals surface area (Å²) in [5.74, 6) is -2.83. The average molecular weight is 439 g/mol. The topological polar surface area (TPSA) is 108 Å². The zero-order chi connectivity index (χ0) is 23.3. The van der Waals surface area contributed by atoms with Crippen LogP contribution in [-0.4, -0.2) is 16.9 Å². The molecule has 0 spiro atoms. The van der Waals surface area contributed by atoms with Crippen LogP contribution in [0.25, 0.3) is 0 Å². The second kappa shape index (κ2) is 9.91. The maximum atomic E-state index is 13.5. The van der Waals surface area contributed by atoms with Gasteiger partial charge in [-0.15, -0.1) is 0 Å². The quantitative estimate of drug-likeness (QED) is 0.287. The Balaban J connectivity index is 1.90. The van der Waals surface area contributed by atoms with Crippen LogP contribution in [0.3, 0.4) is 0 Å². The van der Waals surface area contributed by atoms with Crippen LogP contribution in [0.15, 0.2) is 60.7 Å². The van der Waals surface area contributed by atoms with E-state index in [0.29, 0.717) is 34.5 Å². The lowest BCUT2D eigenvalue weighted by atomic mass is 10.0. The molecular weight excluding hydrogens is 416 g/mol. The van der Waals surface area contributed by atoms with E-state index in [0.717, 1.165) is 17.7 Å². The summed E-state index contributed by atoms with van der Waals surface area (Å²) in [5, 5.41) is 20.3. The smallest absolute Gasteiger partial charge is 0.330 e. The number of hydrogen-bond acceptors (Lipinski definition) is 4. The van der Waals surface area contributed by atoms with Crippen LogP contribution < -0.4 is 15.8 Å². The molecule has 32 heavy (non-hydrogen) atoms. The molecule has 8 heteroatoms. The molecule has 5 N–H and O–H groups in total. The van der Waals surface area contributed by atoms with Gasteiger partial charge in [-0.05, 0) is 66.1 Å². The van der Waals surface area contributed by atoms with E-state index in [2.05, 4.69) is 5.32 Å². The second-order valence-electron chi connectivity index (χ2n) is 7.17. The molecule has 6 nitrogen and oxygen atoms in total. The molecule has 3 rings (SSSR count). The number of carboxylic acid groups (broad SMARTS) is 1. The minimum atomic E-state index is -1.13. The molecule has 166 valence electrons. The first kappa shape index (κ1) is 22.7. The van der Waals surface area contributed by atoms with Crippen molar-refractivity contribution in [3.63, 3.8) is 0 Å². The molecule has 0 aliphatic rings. The fourth-order valence-electron chi connectivity index (χ4n) is 3.15. The van der Waals surface area contributed by atoms with Gasteiger partial charge in [0.05, 0.1) is 0 Å². The fraction of sp³-hybridized carbons (Fsp3) is 0.167. The van der Waals surface area contributed by atoms with Crippen LogP contribution in [0.2, 0.25) is 0 Å². The molecule has 3 aromatic carbocycles. The molecule has 0 bridgehead atoms. The first-order chi connectivity index (χ1) is 15.3. The third kappa shape index (κ3) is 5.40. The van der Waals surface area contributed by atoms with E-state index in [1.807, 2.05) is 13.0 Å². The van der Waals surface area contributed by atoms with Crippen molar-refractivity contribution < 1.29 is 23.4 Å². The van der Waals surface area contributed by atoms with Gasteiger partial charge in [0.2, 0.25) is 0 Å². The van der Waals surface area contributed by atoms with Gasteiger partial charge >= 0.3 is 5.97 Å². The number of ether oxygens (including phenoxy) is 1. The zero-order valence-corrected chi connectivity index (χ0v) is 17.4. The predicted octanol–water partition coefficient (Wildman–Crippen LogP) is 4.63. The molecule has 0 radical (unpaired) electrons. The number of carboxylic acids is 1. The number of benzene rings is 3. The lowest BCUT2D eigenvalue weighted by Gasteiger charge is -2.21. The van der Waals surface area contributed by atoms with Crippen LogP contribution >= 0.6 is 0 Å². The summed E-state index contributed by atoms with van der Waals surface area (Å²) in [5.41, 5.74) is 8.23. The molecule has 1 atom stereocenters. The van der Waals surface area contributed by atoms with Crippen molar-refractivity contribution >= 4 is 17.5 Å². The largest absolute Gasteiger partial charge is 0.489 e. The van der Waals surface area contributed by atoms with Gasteiger partial charge in [-0.3, -0.25) is 5.41 Å². The summed E-state index contributed by atoms with van der Waals surface area (Å²) in [4.78, 5) is 12.1. The fourth-order valence-corrected chi connectivity index (χ4v) is 3.15. The number of aryl methyl sites for hydroxylation is 1. The summed E-state index contributed by atoms with van der Waals surface area (Å²) >= 11 is 0. The average Bonchev–Trinajstić information content (AvgIpc) is 2.78. The highest BCUT2D eigenvalue weighted by Gasteiger charge is 2.24. The third-order valence-corrected chi connectivity index (χ3v) is 4.93. The van der Waals surface area contributed by atoms with Gasteiger partial charge in [0.25, 0.3) is 0 Å². The second-order valence-corrected chi connectivity index (χ2v) is 7.17. The minimum absolute atomic E-state index is 0.0602. The van der Waals surface area contributed by atoms with E-state index >= 15 is 0 Å². The Labute approximate surface area is 184 Å². The first-order valence-corrected chi connectivity index (χ1v) is 9.91. The highest BCUT2D eigenvalue weighted by Crippen LogP contribution is 2.31. The number of nitrogens with one attached hydrogen (secondary N) is 2. The third-order valence-electron chi connectivity index (χ3n) is 4.93. The number of aliphatic carboxylic acids is 1. The number of anilines is 1. The number of carbonyl (C=O) groups is 1. The van der Waals surface area contributed by atoms with E-state index in [9.17, 15) is 18.7 Å². The highest BCUT2D eigenvalue weighted by atomic mass is 19.2. The number of rotatable bonds is 9. The molecular formula is C24H23F2N3O3. The Morgan fingerprint density at radius 1 is 1.06 bits per heavy atom. The van der Waals surface area contributed by atoms with Crippen molar-refractivity contribution in [3.8, 4) is 5.75 Å². The molecule has 0 heterocycles. The number of nitrogens with two attached hydrogens (primary N) is 1. The van der Waals surface area contributed by atoms with Crippen LogP contribution in [0, 0.1) is 17.0 Å². The molecule has 0 aromatic heterocycles. The van der Waals surface area contributed by atoms with E-state index in [1.54, 1.807) is 36.4 Å². The van der Waals surface area contributed by atoms with Crippen LogP contribution in [0.1, 0.15) is 35.2 Å². The Morgan fingerprint density at radius 2 is 1.75 bits per heavy atom. The van der Waals surface area contributed by atoms with Crippen molar-refractivity contribution in [2.24, 2.45) is 5.73 Å². The summed E-state index contributed by atoms with van der Waals surface area (Å²) in [6, 6.07) is 14.1. The number of halogens is 2. The maximum Gasteiger partial charge on any atom is 0.330 e. The van der Waals surface area contributed by atoms with Crippen molar-refractivity contribution in [2.45, 2.75) is 26.0 Å². The van der Waals surface area contributed by atoms with E-state index in [-0.39, 0.29) is 12.4 Å². The maximum absolute atomic E-state index is 13.5. The van der Waals surface area contributed by atoms with E-state index < -0.39 is 23.6 Å². The summed E-state index contributed by atoms with van der Waals surface area (Å²) in [6.45, 7) is 1.89. The molecule has 0 fully saturated rings. The van der Waals surface area contributed by atoms with Crippen molar-refractivity contribution in [1.82, 2.24) is 0 Å². The Bertz CT molecular complexity index is 1130. The molecule has 0 saturated heterocycles. The normalized spacial score (nSPS) is 11.6. The van der Waals surface area contributed by atoms with Gasteiger partial charge in [0.1, 0.15) is 18.2 Å². The van der Waals surface area contributed by atoms with Crippen LogP contribution in [-0.2, 0) is 17.8 Å². The Morgan fingerprint density at radius 3 is 2.34 bits per heavy atom. The summed E-state index contributed by atoms with van der Waals surface area (Å²) < 4.78 is 32.5. The van der Waals surface area contributed by atoms with Gasteiger partial charge in [0, 0.05) is 16.8 Å². The number of hydrogen-bond donors (Lipinski definition) is 4. The zero-order valence-electron chi connectivity index (χ0n) is 17.4. The Hall–Kier alpha value is -3.94. The van der Waals surface area contributed by atoms with E-state index in [4.69, 9.17) is 15.9 Å². The first-order valence-electron chi connectivity index (χ1n) is 9.91. The molecule has 0 aliphatic carbocycles. The monoisotopic (exact) mass is 439 g/mol. The lowest BCUT2D eigenvalue weighted by Crippen LogP contribution is -2.22. The number of nitrogen functional groups attached to an aromatic ring is 1. The van der Waals surface area contributed by atoms with Gasteiger partial charge < -0.3 is 20.9 Å². The standard InChI is InChI=1S/C24H23F2N3O3/c1-2-14-4-10-21(32-13-15-3-9-19(25)20(26)12-15)18(11-14)22(24(30)31)29-17-7-5-16(6-8-17)23(27)28/h3-12,22,29H,2,13H2,1H3,(H3,27,28)(H,30,31)/t22-/m1/s1. The number of amidine groups is 1. The molecule has 0 aliphatic heterocycles. The minimum Gasteiger partial charge on any atom is -0.489 e. The molecule has 0 saturated carbocycles. The van der Waals surface area contributed by atoms with Crippen molar-refractivity contribution in [3.05, 3.63) is 94.6 Å². The van der Waals surface area contributed by atoms with Crippen molar-refractivity contribution in [2.75, 3.05) is 5.32 Å². The predicted molar refractivity (Wildman–Crippen MR) is 118 cm³/mol. The SMILES string of the molecule is CCc1ccc(OCc2ccc(F)c(F)c2)c([C@@H](Nc2ccc(C(=N)N)cc2)C(=O)O)c1. The van der Waals surface area contributed by atoms with Gasteiger partial charge in [-0.25, -0.2) is 13.6 Å². The summed E-state index contributed by atoms with van der Waals surface area (Å²) in [6.07, 6.45) is 0.691. The molecule has 0 amide bonds. The Kier molecular flexibility index (Phi) is 7.04. The van der Waals surface area contributed by atoms with Gasteiger partial charge in [0.15, 0.2) is 17.7 Å². The van der Waals surface area contributed by atoms with Crippen LogP contribution in [0.4, 0.5) is 14.5 Å². The van der Waals surface area contributed by atoms with E-state index in [1.165, 1.54) is 6.07 Å². The summed E-state index contributed by atoms with van der Waals surface area (Å²) in [7, 11) is 0. The molecule has 0 unspecified atom stereocenters. The molecule has 3 aromatic rings. The highest BCUT2D eigenvalue weighted by molar-refractivity contribution is 5.95. The van der Waals surface area contributed by atoms with Gasteiger partial charge in [-0.2, -0.15) is 0 Å². The van der Waals surface area contributed by atoms with Crippen molar-refractivity contribution in [1.29, 1.82) is 5.41 Å².